The number of phenolic OH excluding ortho intramolecular Hbond substituents is 1. The van der Waals surface area contributed by atoms with E-state index in [1.54, 1.807) is 6.07 Å². The first kappa shape index (κ1) is 12.0. The molecule has 0 amide bonds. The molecule has 3 nitrogen and oxygen atoms in total. The summed E-state index contributed by atoms with van der Waals surface area (Å²) in [6, 6.07) is 8.22. The minimum atomic E-state index is 0.255. The summed E-state index contributed by atoms with van der Waals surface area (Å²) in [5.74, 6) is 1.11. The maximum Gasteiger partial charge on any atom is 0.115 e. The first-order valence-electron chi connectivity index (χ1n) is 6.90. The topological polar surface area (TPSA) is 41.5 Å². The summed E-state index contributed by atoms with van der Waals surface area (Å²) in [6.07, 6.45) is 4.15. The SMILES string of the molecule is CC(NC1CCOC1C1CC1)c1cccc(O)c1. The number of rotatable bonds is 4. The van der Waals surface area contributed by atoms with Crippen LogP contribution in [-0.2, 0) is 4.74 Å². The van der Waals surface area contributed by atoms with Crippen molar-refractivity contribution in [1.82, 2.24) is 5.32 Å². The third-order valence-electron chi connectivity index (χ3n) is 4.06. The van der Waals surface area contributed by atoms with Crippen molar-refractivity contribution in [2.75, 3.05) is 6.61 Å². The lowest BCUT2D eigenvalue weighted by Gasteiger charge is -2.24. The number of benzene rings is 1. The summed E-state index contributed by atoms with van der Waals surface area (Å²) in [7, 11) is 0. The Kier molecular flexibility index (Phi) is 3.27. The fourth-order valence-electron chi connectivity index (χ4n) is 2.89. The standard InChI is InChI=1S/C15H21NO2/c1-10(12-3-2-4-13(17)9-12)16-14-7-8-18-15(14)11-5-6-11/h2-4,9-11,14-17H,5-8H2,1H3. The van der Waals surface area contributed by atoms with Gasteiger partial charge in [-0.15, -0.1) is 0 Å². The highest BCUT2D eigenvalue weighted by Gasteiger charge is 2.40. The summed E-state index contributed by atoms with van der Waals surface area (Å²) < 4.78 is 5.84. The second-order valence-electron chi connectivity index (χ2n) is 5.55. The maximum atomic E-state index is 9.52. The molecule has 2 fully saturated rings. The van der Waals surface area contributed by atoms with Crippen molar-refractivity contribution in [3.63, 3.8) is 0 Å². The number of aromatic hydroxyl groups is 1. The molecule has 3 atom stereocenters. The number of ether oxygens (including phenoxy) is 1. The van der Waals surface area contributed by atoms with Crippen molar-refractivity contribution in [2.45, 2.75) is 44.4 Å². The van der Waals surface area contributed by atoms with Crippen molar-refractivity contribution in [2.24, 2.45) is 5.92 Å². The minimum Gasteiger partial charge on any atom is -0.508 e. The fraction of sp³-hybridized carbons (Fsp3) is 0.600. The minimum absolute atomic E-state index is 0.255. The van der Waals surface area contributed by atoms with Gasteiger partial charge in [0.25, 0.3) is 0 Å². The van der Waals surface area contributed by atoms with E-state index in [1.165, 1.54) is 12.8 Å². The Morgan fingerprint density at radius 3 is 2.89 bits per heavy atom. The van der Waals surface area contributed by atoms with Crippen LogP contribution in [0.25, 0.3) is 0 Å². The number of nitrogens with one attached hydrogen (secondary N) is 1. The van der Waals surface area contributed by atoms with E-state index in [1.807, 2.05) is 12.1 Å². The van der Waals surface area contributed by atoms with E-state index in [0.29, 0.717) is 17.9 Å². The van der Waals surface area contributed by atoms with Crippen LogP contribution in [0.1, 0.15) is 37.8 Å². The quantitative estimate of drug-likeness (QED) is 0.859. The molecule has 3 heteroatoms. The molecule has 0 bridgehead atoms. The summed E-state index contributed by atoms with van der Waals surface area (Å²) in [5, 5.41) is 13.2. The smallest absolute Gasteiger partial charge is 0.115 e. The third-order valence-corrected chi connectivity index (χ3v) is 4.06. The van der Waals surface area contributed by atoms with Crippen LogP contribution >= 0.6 is 0 Å². The largest absolute Gasteiger partial charge is 0.508 e. The Balaban J connectivity index is 1.64. The molecule has 1 heterocycles. The molecule has 1 aromatic rings. The predicted octanol–water partition coefficient (Wildman–Crippen LogP) is 2.61. The molecule has 18 heavy (non-hydrogen) atoms. The first-order valence-corrected chi connectivity index (χ1v) is 6.90. The van der Waals surface area contributed by atoms with Crippen molar-refractivity contribution in [1.29, 1.82) is 0 Å². The molecule has 0 aromatic heterocycles. The zero-order valence-corrected chi connectivity index (χ0v) is 10.8. The Bertz CT molecular complexity index is 417. The van der Waals surface area contributed by atoms with E-state index in [4.69, 9.17) is 4.74 Å². The first-order chi connectivity index (χ1) is 8.74. The average Bonchev–Trinajstić information content (AvgIpc) is 3.10. The number of hydrogen-bond donors (Lipinski definition) is 2. The van der Waals surface area contributed by atoms with Gasteiger partial charge in [-0.1, -0.05) is 12.1 Å². The summed E-state index contributed by atoms with van der Waals surface area (Å²) >= 11 is 0. The molecule has 0 radical (unpaired) electrons. The van der Waals surface area contributed by atoms with E-state index >= 15 is 0 Å². The van der Waals surface area contributed by atoms with Crippen LogP contribution < -0.4 is 5.32 Å². The van der Waals surface area contributed by atoms with Gasteiger partial charge < -0.3 is 15.2 Å². The molecule has 2 N–H and O–H groups in total. The van der Waals surface area contributed by atoms with Gasteiger partial charge in [0.15, 0.2) is 0 Å². The lowest BCUT2D eigenvalue weighted by atomic mass is 10.0. The van der Waals surface area contributed by atoms with Crippen LogP contribution in [0, 0.1) is 5.92 Å². The average molecular weight is 247 g/mol. The lowest BCUT2D eigenvalue weighted by molar-refractivity contribution is 0.0793. The van der Waals surface area contributed by atoms with Gasteiger partial charge in [0, 0.05) is 18.7 Å². The van der Waals surface area contributed by atoms with E-state index in [0.717, 1.165) is 24.5 Å². The van der Waals surface area contributed by atoms with Crippen LogP contribution in [0.2, 0.25) is 0 Å². The molecule has 1 saturated heterocycles. The van der Waals surface area contributed by atoms with Gasteiger partial charge in [-0.2, -0.15) is 0 Å². The van der Waals surface area contributed by atoms with E-state index < -0.39 is 0 Å². The van der Waals surface area contributed by atoms with Gasteiger partial charge in [0.05, 0.1) is 6.10 Å². The van der Waals surface area contributed by atoms with Gasteiger partial charge in [-0.05, 0) is 49.8 Å². The monoisotopic (exact) mass is 247 g/mol. The zero-order valence-electron chi connectivity index (χ0n) is 10.8. The molecule has 3 rings (SSSR count). The van der Waals surface area contributed by atoms with E-state index in [-0.39, 0.29) is 6.04 Å². The Morgan fingerprint density at radius 1 is 1.33 bits per heavy atom. The lowest BCUT2D eigenvalue weighted by Crippen LogP contribution is -2.39. The van der Waals surface area contributed by atoms with Gasteiger partial charge in [-0.25, -0.2) is 0 Å². The van der Waals surface area contributed by atoms with Crippen molar-refractivity contribution in [3.05, 3.63) is 29.8 Å². The van der Waals surface area contributed by atoms with Gasteiger partial charge in [-0.3, -0.25) is 0 Å². The van der Waals surface area contributed by atoms with E-state index in [9.17, 15) is 5.11 Å². The summed E-state index contributed by atoms with van der Waals surface area (Å²) in [6.45, 7) is 3.03. The highest BCUT2D eigenvalue weighted by Crippen LogP contribution is 2.39. The van der Waals surface area contributed by atoms with Gasteiger partial charge in [0.2, 0.25) is 0 Å². The molecule has 0 spiro atoms. The molecule has 3 unspecified atom stereocenters. The Morgan fingerprint density at radius 2 is 2.17 bits per heavy atom. The van der Waals surface area contributed by atoms with Crippen LogP contribution in [0.5, 0.6) is 5.75 Å². The van der Waals surface area contributed by atoms with Crippen molar-refractivity contribution < 1.29 is 9.84 Å². The summed E-state index contributed by atoms with van der Waals surface area (Å²) in [4.78, 5) is 0. The molecule has 1 aliphatic carbocycles. The molecule has 1 aliphatic heterocycles. The highest BCUT2D eigenvalue weighted by atomic mass is 16.5. The number of hydrogen-bond acceptors (Lipinski definition) is 3. The van der Waals surface area contributed by atoms with Crippen molar-refractivity contribution >= 4 is 0 Å². The second kappa shape index (κ2) is 4.90. The van der Waals surface area contributed by atoms with Gasteiger partial charge in [0.1, 0.15) is 5.75 Å². The second-order valence-corrected chi connectivity index (χ2v) is 5.55. The molecule has 98 valence electrons. The predicted molar refractivity (Wildman–Crippen MR) is 70.5 cm³/mol. The summed E-state index contributed by atoms with van der Waals surface area (Å²) in [5.41, 5.74) is 1.14. The maximum absolute atomic E-state index is 9.52. The number of phenols is 1. The van der Waals surface area contributed by atoms with E-state index in [2.05, 4.69) is 18.3 Å². The molecule has 1 saturated carbocycles. The van der Waals surface area contributed by atoms with Crippen molar-refractivity contribution in [3.8, 4) is 5.75 Å². The van der Waals surface area contributed by atoms with Crippen LogP contribution in [0.3, 0.4) is 0 Å². The third kappa shape index (κ3) is 2.52. The molecule has 2 aliphatic rings. The van der Waals surface area contributed by atoms with Crippen LogP contribution in [0.4, 0.5) is 0 Å². The highest BCUT2D eigenvalue weighted by molar-refractivity contribution is 5.29. The zero-order chi connectivity index (χ0) is 12.5. The normalized spacial score (nSPS) is 29.4. The van der Waals surface area contributed by atoms with Crippen LogP contribution in [-0.4, -0.2) is 23.9 Å². The Labute approximate surface area is 108 Å². The van der Waals surface area contributed by atoms with Crippen LogP contribution in [0.15, 0.2) is 24.3 Å². The fourth-order valence-corrected chi connectivity index (χ4v) is 2.89. The van der Waals surface area contributed by atoms with Gasteiger partial charge >= 0.3 is 0 Å². The Hall–Kier alpha value is -1.06. The molecular weight excluding hydrogens is 226 g/mol. The molecular formula is C15H21NO2. The molecule has 1 aromatic carbocycles.